The fraction of sp³-hybridized carbons (Fsp3) is 0.250. The molecule has 0 spiro atoms. The van der Waals surface area contributed by atoms with Crippen LogP contribution >= 0.6 is 15.9 Å². The molecule has 0 amide bonds. The summed E-state index contributed by atoms with van der Waals surface area (Å²) in [5, 5.41) is 0.538. The third-order valence-electron chi connectivity index (χ3n) is 3.01. The lowest BCUT2D eigenvalue weighted by atomic mass is 10.1. The number of fused-ring (bicyclic) bond motifs is 1. The zero-order valence-electron chi connectivity index (χ0n) is 11.2. The molecular weight excluding hydrogens is 391 g/mol. The van der Waals surface area contributed by atoms with Crippen LogP contribution in [0, 0.1) is 6.92 Å². The van der Waals surface area contributed by atoms with Crippen molar-refractivity contribution in [1.82, 2.24) is 4.57 Å². The third kappa shape index (κ3) is 2.72. The maximum atomic E-state index is 12.3. The lowest BCUT2D eigenvalue weighted by Crippen LogP contribution is -2.28. The molecule has 1 aromatic heterocycles. The second kappa shape index (κ2) is 5.27. The van der Waals surface area contributed by atoms with Gasteiger partial charge in [-0.25, -0.2) is 0 Å². The molecule has 0 unspecified atom stereocenters. The summed E-state index contributed by atoms with van der Waals surface area (Å²) in [5.41, 5.74) is -5.24. The number of nitrogens with zero attached hydrogens (tertiary/aromatic N) is 1. The zero-order valence-corrected chi connectivity index (χ0v) is 13.6. The van der Waals surface area contributed by atoms with Crippen LogP contribution in [-0.4, -0.2) is 18.5 Å². The van der Waals surface area contributed by atoms with Crippen molar-refractivity contribution in [1.29, 1.82) is 0 Å². The van der Waals surface area contributed by atoms with Gasteiger partial charge in [-0.15, -0.1) is 0 Å². The molecule has 5 nitrogen and oxygen atoms in total. The minimum absolute atomic E-state index is 0.234. The van der Waals surface area contributed by atoms with Gasteiger partial charge in [0.1, 0.15) is 5.75 Å². The summed E-state index contributed by atoms with van der Waals surface area (Å²) >= 11 is 3.23. The Labute approximate surface area is 131 Å². The molecule has 2 aromatic rings. The van der Waals surface area contributed by atoms with Gasteiger partial charge < -0.3 is 8.75 Å². The predicted octanol–water partition coefficient (Wildman–Crippen LogP) is 2.84. The highest BCUT2D eigenvalue weighted by atomic mass is 79.9. The lowest BCUT2D eigenvalue weighted by molar-refractivity contribution is -0.0500. The maximum Gasteiger partial charge on any atom is 0.534 e. The van der Waals surface area contributed by atoms with Crippen molar-refractivity contribution in [3.8, 4) is 5.75 Å². The van der Waals surface area contributed by atoms with Crippen molar-refractivity contribution < 1.29 is 25.8 Å². The van der Waals surface area contributed by atoms with E-state index in [2.05, 4.69) is 20.1 Å². The molecule has 0 saturated heterocycles. The summed E-state index contributed by atoms with van der Waals surface area (Å²) in [7, 11) is -4.34. The average Bonchev–Trinajstić information content (AvgIpc) is 2.41. The van der Waals surface area contributed by atoms with Gasteiger partial charge in [-0.3, -0.25) is 4.79 Å². The summed E-state index contributed by atoms with van der Waals surface area (Å²) in [6, 6.07) is 3.51. The Morgan fingerprint density at radius 2 is 1.86 bits per heavy atom. The summed E-state index contributed by atoms with van der Waals surface area (Å²) in [5.74, 6) is -0.532. The Morgan fingerprint density at radius 3 is 2.41 bits per heavy atom. The number of hydrogen-bond donors (Lipinski definition) is 0. The van der Waals surface area contributed by atoms with E-state index in [-0.39, 0.29) is 11.1 Å². The molecule has 10 heteroatoms. The molecule has 0 atom stereocenters. The monoisotopic (exact) mass is 399 g/mol. The van der Waals surface area contributed by atoms with Crippen molar-refractivity contribution in [2.45, 2.75) is 12.4 Å². The van der Waals surface area contributed by atoms with Gasteiger partial charge in [-0.05, 0) is 35.0 Å². The van der Waals surface area contributed by atoms with E-state index < -0.39 is 21.4 Å². The number of pyridine rings is 1. The van der Waals surface area contributed by atoms with Gasteiger partial charge in [0, 0.05) is 28.5 Å². The fourth-order valence-corrected chi connectivity index (χ4v) is 2.81. The number of aryl methyl sites for hydroxylation is 1. The predicted molar refractivity (Wildman–Crippen MR) is 77.2 cm³/mol. The van der Waals surface area contributed by atoms with Crippen LogP contribution in [0.4, 0.5) is 13.2 Å². The first-order chi connectivity index (χ1) is 9.95. The van der Waals surface area contributed by atoms with E-state index in [1.165, 1.54) is 17.7 Å². The number of hydrogen-bond acceptors (Lipinski definition) is 4. The van der Waals surface area contributed by atoms with E-state index in [1.54, 1.807) is 6.92 Å². The molecule has 0 aliphatic heterocycles. The van der Waals surface area contributed by atoms with E-state index in [9.17, 15) is 26.4 Å². The molecule has 0 saturated carbocycles. The largest absolute Gasteiger partial charge is 0.534 e. The van der Waals surface area contributed by atoms with Crippen LogP contribution in [-0.2, 0) is 17.2 Å². The van der Waals surface area contributed by atoms with Crippen molar-refractivity contribution in [3.05, 3.63) is 38.6 Å². The van der Waals surface area contributed by atoms with Gasteiger partial charge in [-0.2, -0.15) is 21.6 Å². The van der Waals surface area contributed by atoms with Gasteiger partial charge in [0.25, 0.3) is 5.56 Å². The Balaban J connectivity index is 2.65. The van der Waals surface area contributed by atoms with Gasteiger partial charge in [0.05, 0.1) is 5.52 Å². The molecule has 1 heterocycles. The quantitative estimate of drug-likeness (QED) is 0.575. The molecule has 0 N–H and O–H groups in total. The highest BCUT2D eigenvalue weighted by Gasteiger charge is 2.48. The molecule has 120 valence electrons. The average molecular weight is 400 g/mol. The Morgan fingerprint density at radius 1 is 1.27 bits per heavy atom. The molecule has 1 aromatic carbocycles. The third-order valence-corrected chi connectivity index (χ3v) is 5.01. The molecular formula is C12H9BrF3NO4S. The van der Waals surface area contributed by atoms with Gasteiger partial charge in [0.2, 0.25) is 0 Å². The maximum absolute atomic E-state index is 12.3. The van der Waals surface area contributed by atoms with Crippen LogP contribution in [0.15, 0.2) is 27.5 Å². The highest BCUT2D eigenvalue weighted by Crippen LogP contribution is 2.31. The molecule has 2 rings (SSSR count). The summed E-state index contributed by atoms with van der Waals surface area (Å²) in [6.45, 7) is 1.59. The van der Waals surface area contributed by atoms with Crippen LogP contribution in [0.2, 0.25) is 0 Å². The fourth-order valence-electron chi connectivity index (χ4n) is 1.86. The molecule has 0 aliphatic rings. The Bertz CT molecular complexity index is 919. The molecule has 0 bridgehead atoms. The number of rotatable bonds is 2. The van der Waals surface area contributed by atoms with Crippen molar-refractivity contribution in [2.24, 2.45) is 7.05 Å². The summed E-state index contributed by atoms with van der Waals surface area (Å²) < 4.78 is 64.7. The highest BCUT2D eigenvalue weighted by molar-refractivity contribution is 9.10. The van der Waals surface area contributed by atoms with Crippen molar-refractivity contribution in [2.75, 3.05) is 0 Å². The van der Waals surface area contributed by atoms with Gasteiger partial charge in [-0.1, -0.05) is 0 Å². The lowest BCUT2D eigenvalue weighted by Gasteiger charge is -2.13. The Kier molecular flexibility index (Phi) is 4.03. The molecule has 0 aliphatic carbocycles. The standard InChI is InChI=1S/C12H9BrF3NO4S/c1-6-10(13)8-4-3-7(5-9(8)17(2)11(6)18)21-22(19,20)12(14,15)16/h3-5H,1-2H3. The van der Waals surface area contributed by atoms with E-state index >= 15 is 0 Å². The van der Waals surface area contributed by atoms with Crippen LogP contribution in [0.1, 0.15) is 5.56 Å². The second-order valence-corrected chi connectivity index (χ2v) is 6.80. The van der Waals surface area contributed by atoms with Crippen LogP contribution in [0.3, 0.4) is 0 Å². The van der Waals surface area contributed by atoms with Crippen molar-refractivity contribution >= 4 is 37.0 Å². The smallest absolute Gasteiger partial charge is 0.376 e. The van der Waals surface area contributed by atoms with E-state index in [1.807, 2.05) is 0 Å². The second-order valence-electron chi connectivity index (χ2n) is 4.47. The normalized spacial score (nSPS) is 12.6. The zero-order chi connectivity index (χ0) is 16.9. The first-order valence-electron chi connectivity index (χ1n) is 5.75. The van der Waals surface area contributed by atoms with Crippen LogP contribution in [0.5, 0.6) is 5.75 Å². The number of halogens is 4. The molecule has 22 heavy (non-hydrogen) atoms. The number of benzene rings is 1. The number of alkyl halides is 3. The first-order valence-corrected chi connectivity index (χ1v) is 7.95. The molecule has 0 radical (unpaired) electrons. The van der Waals surface area contributed by atoms with E-state index in [0.717, 1.165) is 12.1 Å². The number of aromatic nitrogens is 1. The first kappa shape index (κ1) is 16.8. The van der Waals surface area contributed by atoms with Gasteiger partial charge >= 0.3 is 15.6 Å². The molecule has 0 fully saturated rings. The van der Waals surface area contributed by atoms with Crippen molar-refractivity contribution in [3.63, 3.8) is 0 Å². The topological polar surface area (TPSA) is 65.4 Å². The van der Waals surface area contributed by atoms with Crippen LogP contribution < -0.4 is 9.74 Å². The SMILES string of the molecule is Cc1c(Br)c2ccc(OS(=O)(=O)C(F)(F)F)cc2n(C)c1=O. The Hall–Kier alpha value is -1.55. The summed E-state index contributed by atoms with van der Waals surface area (Å²) in [4.78, 5) is 12.0. The van der Waals surface area contributed by atoms with E-state index in [0.29, 0.717) is 15.4 Å². The minimum atomic E-state index is -5.76. The minimum Gasteiger partial charge on any atom is -0.376 e. The summed E-state index contributed by atoms with van der Waals surface area (Å²) in [6.07, 6.45) is 0. The van der Waals surface area contributed by atoms with Gasteiger partial charge in [0.15, 0.2) is 0 Å². The van der Waals surface area contributed by atoms with E-state index in [4.69, 9.17) is 0 Å². The van der Waals surface area contributed by atoms with Crippen LogP contribution in [0.25, 0.3) is 10.9 Å².